The van der Waals surface area contributed by atoms with Crippen LogP contribution in [0.1, 0.15) is 13.8 Å². The van der Waals surface area contributed by atoms with Gasteiger partial charge in [-0.1, -0.05) is 13.8 Å². The van der Waals surface area contributed by atoms with Gasteiger partial charge in [-0.25, -0.2) is 0 Å². The fourth-order valence-corrected chi connectivity index (χ4v) is 2.73. The fraction of sp³-hybridized carbons (Fsp3) is 0.600. The van der Waals surface area contributed by atoms with Crippen LogP contribution in [0.25, 0.3) is 0 Å². The SMILES string of the molecule is CNc1cc(N2CCN(CC(C)C)CC2)cc([N+](=O)[O-])c1. The van der Waals surface area contributed by atoms with Crippen molar-refractivity contribution >= 4 is 17.1 Å². The van der Waals surface area contributed by atoms with Gasteiger partial charge in [-0.15, -0.1) is 0 Å². The van der Waals surface area contributed by atoms with E-state index in [1.165, 1.54) is 0 Å². The van der Waals surface area contributed by atoms with Crippen LogP contribution >= 0.6 is 0 Å². The number of nitrogens with zero attached hydrogens (tertiary/aromatic N) is 3. The van der Waals surface area contributed by atoms with Crippen LogP contribution in [0.4, 0.5) is 17.1 Å². The first kappa shape index (κ1) is 15.6. The van der Waals surface area contributed by atoms with Crippen molar-refractivity contribution in [1.82, 2.24) is 4.90 Å². The zero-order chi connectivity index (χ0) is 15.4. The molecule has 6 nitrogen and oxygen atoms in total. The Morgan fingerprint density at radius 1 is 1.24 bits per heavy atom. The summed E-state index contributed by atoms with van der Waals surface area (Å²) in [4.78, 5) is 15.4. The van der Waals surface area contributed by atoms with Gasteiger partial charge in [0.25, 0.3) is 5.69 Å². The number of nitrogens with one attached hydrogen (secondary N) is 1. The number of anilines is 2. The maximum absolute atomic E-state index is 11.0. The van der Waals surface area contributed by atoms with E-state index in [0.29, 0.717) is 5.92 Å². The molecule has 6 heteroatoms. The van der Waals surface area contributed by atoms with Crippen LogP contribution in [0, 0.1) is 16.0 Å². The van der Waals surface area contributed by atoms with E-state index in [2.05, 4.69) is 29.0 Å². The second kappa shape index (κ2) is 6.76. The summed E-state index contributed by atoms with van der Waals surface area (Å²) in [6.07, 6.45) is 0. The Kier molecular flexibility index (Phi) is 5.01. The molecule has 1 fully saturated rings. The number of piperazine rings is 1. The summed E-state index contributed by atoms with van der Waals surface area (Å²) in [5, 5.41) is 14.0. The molecular weight excluding hydrogens is 268 g/mol. The standard InChI is InChI=1S/C15H24N4O2/c1-12(2)11-17-4-6-18(7-5-17)14-8-13(16-3)9-15(10-14)19(20)21/h8-10,12,16H,4-7,11H2,1-3H3. The highest BCUT2D eigenvalue weighted by Gasteiger charge is 2.20. The molecule has 0 atom stereocenters. The number of hydrogen-bond donors (Lipinski definition) is 1. The maximum atomic E-state index is 11.0. The maximum Gasteiger partial charge on any atom is 0.273 e. The number of nitro groups is 1. The first-order chi connectivity index (χ1) is 9.99. The Morgan fingerprint density at radius 3 is 2.43 bits per heavy atom. The van der Waals surface area contributed by atoms with Gasteiger partial charge in [-0.05, 0) is 12.0 Å². The third-order valence-corrected chi connectivity index (χ3v) is 3.76. The number of hydrogen-bond acceptors (Lipinski definition) is 5. The molecule has 21 heavy (non-hydrogen) atoms. The molecule has 1 N–H and O–H groups in total. The largest absolute Gasteiger partial charge is 0.388 e. The number of nitro benzene ring substituents is 1. The first-order valence-electron chi connectivity index (χ1n) is 7.44. The van der Waals surface area contributed by atoms with Gasteiger partial charge in [0.15, 0.2) is 0 Å². The van der Waals surface area contributed by atoms with E-state index in [-0.39, 0.29) is 10.6 Å². The summed E-state index contributed by atoms with van der Waals surface area (Å²) >= 11 is 0. The van der Waals surface area contributed by atoms with Crippen molar-refractivity contribution in [3.05, 3.63) is 28.3 Å². The number of non-ortho nitro benzene ring substituents is 1. The van der Waals surface area contributed by atoms with Gasteiger partial charge in [0.2, 0.25) is 0 Å². The van der Waals surface area contributed by atoms with Crippen molar-refractivity contribution in [1.29, 1.82) is 0 Å². The summed E-state index contributed by atoms with van der Waals surface area (Å²) < 4.78 is 0. The Labute approximate surface area is 125 Å². The average molecular weight is 292 g/mol. The smallest absolute Gasteiger partial charge is 0.273 e. The molecule has 0 radical (unpaired) electrons. The summed E-state index contributed by atoms with van der Waals surface area (Å²) in [6.45, 7) is 9.42. The minimum atomic E-state index is -0.334. The van der Waals surface area contributed by atoms with Crippen LogP contribution in [0.2, 0.25) is 0 Å². The Hall–Kier alpha value is -1.82. The highest BCUT2D eigenvalue weighted by Crippen LogP contribution is 2.27. The molecule has 116 valence electrons. The summed E-state index contributed by atoms with van der Waals surface area (Å²) in [7, 11) is 1.78. The second-order valence-corrected chi connectivity index (χ2v) is 5.93. The molecule has 1 saturated heterocycles. The normalized spacial score (nSPS) is 16.3. The molecule has 1 aliphatic heterocycles. The number of benzene rings is 1. The third kappa shape index (κ3) is 4.07. The van der Waals surface area contributed by atoms with Crippen molar-refractivity contribution in [2.75, 3.05) is 50.0 Å². The summed E-state index contributed by atoms with van der Waals surface area (Å²) in [5.41, 5.74) is 1.85. The van der Waals surface area contributed by atoms with E-state index in [1.54, 1.807) is 19.2 Å². The average Bonchev–Trinajstić information content (AvgIpc) is 2.46. The molecule has 1 aliphatic rings. The molecule has 2 rings (SSSR count). The Balaban J connectivity index is 2.09. The highest BCUT2D eigenvalue weighted by atomic mass is 16.6. The van der Waals surface area contributed by atoms with Crippen LogP contribution in [0.15, 0.2) is 18.2 Å². The van der Waals surface area contributed by atoms with Gasteiger partial charge in [0.05, 0.1) is 4.92 Å². The predicted octanol–water partition coefficient (Wildman–Crippen LogP) is 2.41. The Morgan fingerprint density at radius 2 is 1.90 bits per heavy atom. The van der Waals surface area contributed by atoms with Crippen LogP contribution in [-0.4, -0.2) is 49.6 Å². The van der Waals surface area contributed by atoms with Gasteiger partial charge in [0, 0.05) is 63.3 Å². The van der Waals surface area contributed by atoms with Crippen LogP contribution in [0.3, 0.4) is 0 Å². The first-order valence-corrected chi connectivity index (χ1v) is 7.44. The van der Waals surface area contributed by atoms with Crippen LogP contribution in [0.5, 0.6) is 0 Å². The van der Waals surface area contributed by atoms with Gasteiger partial charge in [0.1, 0.15) is 0 Å². The molecule has 1 aromatic carbocycles. The number of rotatable bonds is 5. The fourth-order valence-electron chi connectivity index (χ4n) is 2.73. The van der Waals surface area contributed by atoms with Crippen molar-refractivity contribution < 1.29 is 4.92 Å². The summed E-state index contributed by atoms with van der Waals surface area (Å²) in [5.74, 6) is 0.672. The quantitative estimate of drug-likeness (QED) is 0.667. The molecule has 1 heterocycles. The van der Waals surface area contributed by atoms with Crippen molar-refractivity contribution in [2.45, 2.75) is 13.8 Å². The lowest BCUT2D eigenvalue weighted by Gasteiger charge is -2.36. The van der Waals surface area contributed by atoms with Crippen molar-refractivity contribution in [3.8, 4) is 0 Å². The van der Waals surface area contributed by atoms with E-state index in [4.69, 9.17) is 0 Å². The van der Waals surface area contributed by atoms with Gasteiger partial charge < -0.3 is 10.2 Å². The predicted molar refractivity (Wildman–Crippen MR) is 86.1 cm³/mol. The van der Waals surface area contributed by atoms with Crippen molar-refractivity contribution in [2.24, 2.45) is 5.92 Å². The van der Waals surface area contributed by atoms with E-state index < -0.39 is 0 Å². The zero-order valence-corrected chi connectivity index (χ0v) is 13.0. The molecule has 0 unspecified atom stereocenters. The van der Waals surface area contributed by atoms with Crippen LogP contribution in [-0.2, 0) is 0 Å². The lowest BCUT2D eigenvalue weighted by atomic mass is 10.1. The molecular formula is C15H24N4O2. The lowest BCUT2D eigenvalue weighted by Crippen LogP contribution is -2.47. The molecule has 0 aromatic heterocycles. The Bertz CT molecular complexity index is 496. The summed E-state index contributed by atoms with van der Waals surface area (Å²) in [6, 6.07) is 5.21. The molecule has 0 saturated carbocycles. The molecule has 0 spiro atoms. The van der Waals surface area contributed by atoms with Crippen molar-refractivity contribution in [3.63, 3.8) is 0 Å². The van der Waals surface area contributed by atoms with Gasteiger partial charge in [-0.3, -0.25) is 15.0 Å². The molecule has 0 bridgehead atoms. The molecule has 0 aliphatic carbocycles. The van der Waals surface area contributed by atoms with E-state index in [9.17, 15) is 10.1 Å². The minimum absolute atomic E-state index is 0.140. The van der Waals surface area contributed by atoms with Gasteiger partial charge >= 0.3 is 0 Å². The monoisotopic (exact) mass is 292 g/mol. The minimum Gasteiger partial charge on any atom is -0.388 e. The van der Waals surface area contributed by atoms with E-state index in [0.717, 1.165) is 44.1 Å². The van der Waals surface area contributed by atoms with E-state index >= 15 is 0 Å². The highest BCUT2D eigenvalue weighted by molar-refractivity contribution is 5.64. The third-order valence-electron chi connectivity index (χ3n) is 3.76. The molecule has 0 amide bonds. The zero-order valence-electron chi connectivity index (χ0n) is 13.0. The topological polar surface area (TPSA) is 61.6 Å². The van der Waals surface area contributed by atoms with Crippen LogP contribution < -0.4 is 10.2 Å². The van der Waals surface area contributed by atoms with E-state index in [1.807, 2.05) is 6.07 Å². The second-order valence-electron chi connectivity index (χ2n) is 5.93. The van der Waals surface area contributed by atoms with Gasteiger partial charge in [-0.2, -0.15) is 0 Å². The lowest BCUT2D eigenvalue weighted by molar-refractivity contribution is -0.384. The molecule has 1 aromatic rings.